The quantitative estimate of drug-likeness (QED) is 0.608. The van der Waals surface area contributed by atoms with E-state index in [4.69, 9.17) is 9.26 Å². The third-order valence-electron chi connectivity index (χ3n) is 5.32. The topological polar surface area (TPSA) is 55.6 Å². The molecule has 1 saturated heterocycles. The van der Waals surface area contributed by atoms with Gasteiger partial charge in [0.1, 0.15) is 5.69 Å². The van der Waals surface area contributed by atoms with Crippen molar-refractivity contribution in [2.24, 2.45) is 0 Å². The lowest BCUT2D eigenvalue weighted by Gasteiger charge is -2.24. The smallest absolute Gasteiger partial charge is 0.254 e. The van der Waals surface area contributed by atoms with Crippen LogP contribution in [0, 0.1) is 13.8 Å². The predicted octanol–water partition coefficient (Wildman–Crippen LogP) is 4.78. The van der Waals surface area contributed by atoms with Gasteiger partial charge in [0, 0.05) is 30.3 Å². The van der Waals surface area contributed by atoms with Crippen LogP contribution in [-0.2, 0) is 11.3 Å². The molecule has 0 bridgehead atoms. The minimum atomic E-state index is -0.0165. The Bertz CT molecular complexity index is 975. The van der Waals surface area contributed by atoms with E-state index in [2.05, 4.69) is 31.1 Å². The third-order valence-corrected chi connectivity index (χ3v) is 5.32. The largest absolute Gasteiger partial charge is 0.376 e. The van der Waals surface area contributed by atoms with Gasteiger partial charge in [-0.3, -0.25) is 4.79 Å². The number of benzene rings is 2. The van der Waals surface area contributed by atoms with Gasteiger partial charge in [-0.25, -0.2) is 0 Å². The van der Waals surface area contributed by atoms with Crippen molar-refractivity contribution in [3.63, 3.8) is 0 Å². The fourth-order valence-corrected chi connectivity index (χ4v) is 3.82. The van der Waals surface area contributed by atoms with Crippen LogP contribution in [-0.4, -0.2) is 35.2 Å². The monoisotopic (exact) mass is 390 g/mol. The molecule has 1 amide bonds. The fourth-order valence-electron chi connectivity index (χ4n) is 3.82. The maximum absolute atomic E-state index is 13.1. The number of ether oxygens (including phenoxy) is 1. The Morgan fingerprint density at radius 3 is 2.69 bits per heavy atom. The SMILES string of the molecule is Cc1ccc(-c2cc(CN(C[C@@H]3CCCO3)C(=O)c3ccccc3)no2)c(C)c1. The normalized spacial score (nSPS) is 16.1. The molecule has 1 atom stereocenters. The number of nitrogens with zero attached hydrogens (tertiary/aromatic N) is 2. The molecule has 0 N–H and O–H groups in total. The molecule has 150 valence electrons. The summed E-state index contributed by atoms with van der Waals surface area (Å²) < 4.78 is 11.4. The van der Waals surface area contributed by atoms with Gasteiger partial charge in [0.2, 0.25) is 0 Å². The van der Waals surface area contributed by atoms with Gasteiger partial charge in [-0.2, -0.15) is 0 Å². The molecule has 1 aromatic heterocycles. The maximum Gasteiger partial charge on any atom is 0.254 e. The van der Waals surface area contributed by atoms with E-state index >= 15 is 0 Å². The van der Waals surface area contributed by atoms with Crippen molar-refractivity contribution in [2.75, 3.05) is 13.2 Å². The Hall–Kier alpha value is -2.92. The third kappa shape index (κ3) is 4.57. The van der Waals surface area contributed by atoms with E-state index in [1.54, 1.807) is 0 Å². The number of carbonyl (C=O) groups excluding carboxylic acids is 1. The number of carbonyl (C=O) groups is 1. The van der Waals surface area contributed by atoms with Gasteiger partial charge in [-0.05, 0) is 44.4 Å². The zero-order valence-electron chi connectivity index (χ0n) is 16.9. The Morgan fingerprint density at radius 2 is 1.97 bits per heavy atom. The van der Waals surface area contributed by atoms with E-state index in [1.807, 2.05) is 47.4 Å². The summed E-state index contributed by atoms with van der Waals surface area (Å²) >= 11 is 0. The zero-order valence-corrected chi connectivity index (χ0v) is 16.9. The number of rotatable bonds is 6. The second kappa shape index (κ2) is 8.62. The van der Waals surface area contributed by atoms with Crippen LogP contribution in [0.1, 0.15) is 40.0 Å². The van der Waals surface area contributed by atoms with Crippen LogP contribution in [0.2, 0.25) is 0 Å². The van der Waals surface area contributed by atoms with Crippen LogP contribution in [0.15, 0.2) is 59.1 Å². The molecule has 1 fully saturated rings. The molecular formula is C24H26N2O3. The second-order valence-electron chi connectivity index (χ2n) is 7.69. The van der Waals surface area contributed by atoms with Crippen LogP contribution in [0.3, 0.4) is 0 Å². The van der Waals surface area contributed by atoms with Crippen molar-refractivity contribution in [1.29, 1.82) is 0 Å². The molecule has 0 aliphatic carbocycles. The lowest BCUT2D eigenvalue weighted by molar-refractivity contribution is 0.0502. The number of hydrogen-bond acceptors (Lipinski definition) is 4. The highest BCUT2D eigenvalue weighted by molar-refractivity contribution is 5.94. The minimum absolute atomic E-state index is 0.0165. The molecule has 1 aliphatic heterocycles. The molecule has 2 aromatic carbocycles. The summed E-state index contributed by atoms with van der Waals surface area (Å²) in [6.07, 6.45) is 2.10. The summed E-state index contributed by atoms with van der Waals surface area (Å²) in [5.41, 5.74) is 4.78. The number of amides is 1. The lowest BCUT2D eigenvalue weighted by Crippen LogP contribution is -2.37. The lowest BCUT2D eigenvalue weighted by atomic mass is 10.0. The van der Waals surface area contributed by atoms with E-state index < -0.39 is 0 Å². The maximum atomic E-state index is 13.1. The molecule has 2 heterocycles. The molecule has 0 spiro atoms. The molecule has 0 radical (unpaired) electrons. The first kappa shape index (κ1) is 19.4. The summed E-state index contributed by atoms with van der Waals surface area (Å²) in [4.78, 5) is 14.9. The number of aromatic nitrogens is 1. The number of aryl methyl sites for hydroxylation is 2. The van der Waals surface area contributed by atoms with Crippen molar-refractivity contribution in [1.82, 2.24) is 10.1 Å². The standard InChI is InChI=1S/C24H26N2O3/c1-17-10-11-22(18(2)13-17)23-14-20(25-29-23)15-26(16-21-9-6-12-28-21)24(27)19-7-4-3-5-8-19/h3-5,7-8,10-11,13-14,21H,6,9,12,15-16H2,1-2H3/t21-/m0/s1. The van der Waals surface area contributed by atoms with Crippen LogP contribution in [0.25, 0.3) is 11.3 Å². The van der Waals surface area contributed by atoms with Gasteiger partial charge in [-0.1, -0.05) is 47.1 Å². The summed E-state index contributed by atoms with van der Waals surface area (Å²) in [7, 11) is 0. The van der Waals surface area contributed by atoms with Gasteiger partial charge in [0.25, 0.3) is 5.91 Å². The molecule has 5 nitrogen and oxygen atoms in total. The van der Waals surface area contributed by atoms with Gasteiger partial charge < -0.3 is 14.2 Å². The van der Waals surface area contributed by atoms with Crippen molar-refractivity contribution in [2.45, 2.75) is 39.3 Å². The zero-order chi connectivity index (χ0) is 20.2. The Morgan fingerprint density at radius 1 is 1.14 bits per heavy atom. The predicted molar refractivity (Wildman–Crippen MR) is 112 cm³/mol. The summed E-state index contributed by atoms with van der Waals surface area (Å²) in [5.74, 6) is 0.707. The summed E-state index contributed by atoms with van der Waals surface area (Å²) in [6, 6.07) is 17.5. The van der Waals surface area contributed by atoms with Crippen molar-refractivity contribution >= 4 is 5.91 Å². The van der Waals surface area contributed by atoms with E-state index in [0.29, 0.717) is 18.7 Å². The highest BCUT2D eigenvalue weighted by Crippen LogP contribution is 2.26. The van der Waals surface area contributed by atoms with Crippen molar-refractivity contribution < 1.29 is 14.1 Å². The highest BCUT2D eigenvalue weighted by atomic mass is 16.5. The fraction of sp³-hybridized carbons (Fsp3) is 0.333. The van der Waals surface area contributed by atoms with Gasteiger partial charge in [0.15, 0.2) is 5.76 Å². The molecule has 3 aromatic rings. The summed E-state index contributed by atoms with van der Waals surface area (Å²) in [5, 5.41) is 4.24. The van der Waals surface area contributed by atoms with Crippen LogP contribution < -0.4 is 0 Å². The average molecular weight is 390 g/mol. The highest BCUT2D eigenvalue weighted by Gasteiger charge is 2.24. The van der Waals surface area contributed by atoms with Crippen LogP contribution in [0.4, 0.5) is 0 Å². The molecule has 0 saturated carbocycles. The van der Waals surface area contributed by atoms with E-state index in [1.165, 1.54) is 5.56 Å². The van der Waals surface area contributed by atoms with E-state index in [9.17, 15) is 4.79 Å². The minimum Gasteiger partial charge on any atom is -0.376 e. The molecule has 4 rings (SSSR count). The average Bonchev–Trinajstić information content (AvgIpc) is 3.40. The molecule has 5 heteroatoms. The van der Waals surface area contributed by atoms with Crippen LogP contribution >= 0.6 is 0 Å². The van der Waals surface area contributed by atoms with E-state index in [-0.39, 0.29) is 12.0 Å². The molecule has 0 unspecified atom stereocenters. The first-order valence-electron chi connectivity index (χ1n) is 10.1. The Balaban J connectivity index is 1.55. The molecular weight excluding hydrogens is 364 g/mol. The molecule has 29 heavy (non-hydrogen) atoms. The number of hydrogen-bond donors (Lipinski definition) is 0. The van der Waals surface area contributed by atoms with Gasteiger partial charge in [0.05, 0.1) is 12.6 Å². The van der Waals surface area contributed by atoms with Gasteiger partial charge >= 0.3 is 0 Å². The Labute approximate surface area is 171 Å². The van der Waals surface area contributed by atoms with E-state index in [0.717, 1.165) is 42.0 Å². The van der Waals surface area contributed by atoms with Crippen LogP contribution in [0.5, 0.6) is 0 Å². The first-order valence-corrected chi connectivity index (χ1v) is 10.1. The van der Waals surface area contributed by atoms with Gasteiger partial charge in [-0.15, -0.1) is 0 Å². The molecule has 1 aliphatic rings. The second-order valence-corrected chi connectivity index (χ2v) is 7.69. The summed E-state index contributed by atoms with van der Waals surface area (Å²) in [6.45, 7) is 5.84. The Kier molecular flexibility index (Phi) is 5.76. The van der Waals surface area contributed by atoms with Crippen molar-refractivity contribution in [3.8, 4) is 11.3 Å². The van der Waals surface area contributed by atoms with Crippen molar-refractivity contribution in [3.05, 3.63) is 77.0 Å². The first-order chi connectivity index (χ1) is 14.1.